The van der Waals surface area contributed by atoms with Crippen molar-refractivity contribution in [2.24, 2.45) is 0 Å². The molecule has 0 aliphatic carbocycles. The lowest BCUT2D eigenvalue weighted by Gasteiger charge is -2.17. The number of carbonyl (C=O) groups excluding carboxylic acids is 1. The van der Waals surface area contributed by atoms with Gasteiger partial charge >= 0.3 is 0 Å². The van der Waals surface area contributed by atoms with Crippen LogP contribution < -0.4 is 10.1 Å². The van der Waals surface area contributed by atoms with Crippen molar-refractivity contribution in [2.75, 3.05) is 19.0 Å². The number of sulfonamides is 1. The number of amides is 1. The van der Waals surface area contributed by atoms with Gasteiger partial charge in [-0.15, -0.1) is 0 Å². The van der Waals surface area contributed by atoms with Gasteiger partial charge < -0.3 is 10.1 Å². The molecular formula is C22H20BrClN2O4S. The molecule has 162 valence electrons. The zero-order valence-electron chi connectivity index (χ0n) is 16.6. The monoisotopic (exact) mass is 522 g/mol. The third kappa shape index (κ3) is 6.30. The van der Waals surface area contributed by atoms with Crippen LogP contribution in [0.3, 0.4) is 0 Å². The van der Waals surface area contributed by atoms with Crippen LogP contribution in [0.25, 0.3) is 0 Å². The molecule has 0 unspecified atom stereocenters. The number of anilines is 1. The maximum atomic E-state index is 12.8. The first-order chi connectivity index (χ1) is 14.8. The molecule has 6 nitrogen and oxygen atoms in total. The molecule has 0 aliphatic heterocycles. The summed E-state index contributed by atoms with van der Waals surface area (Å²) in [6.45, 7) is 0.0266. The number of hydrogen-bond acceptors (Lipinski definition) is 4. The van der Waals surface area contributed by atoms with Crippen LogP contribution in [0, 0.1) is 0 Å². The standard InChI is InChI=1S/C22H20BrClN2O4S/c1-26(14-16-5-3-2-4-6-16)31(28,29)19-10-8-18(9-11-19)25-22(27)15-30-21-12-7-17(23)13-20(21)24/h2-13H,14-15H2,1H3,(H,25,27). The number of carbonyl (C=O) groups is 1. The summed E-state index contributed by atoms with van der Waals surface area (Å²) in [6.07, 6.45) is 0. The number of hydrogen-bond donors (Lipinski definition) is 1. The van der Waals surface area contributed by atoms with E-state index >= 15 is 0 Å². The Morgan fingerprint density at radius 2 is 1.74 bits per heavy atom. The number of benzene rings is 3. The van der Waals surface area contributed by atoms with E-state index in [-0.39, 0.29) is 18.0 Å². The summed E-state index contributed by atoms with van der Waals surface area (Å²) in [7, 11) is -2.13. The zero-order chi connectivity index (χ0) is 22.4. The molecule has 0 aliphatic rings. The SMILES string of the molecule is CN(Cc1ccccc1)S(=O)(=O)c1ccc(NC(=O)COc2ccc(Br)cc2Cl)cc1. The van der Waals surface area contributed by atoms with Gasteiger partial charge in [-0.05, 0) is 48.0 Å². The highest BCUT2D eigenvalue weighted by Gasteiger charge is 2.21. The van der Waals surface area contributed by atoms with E-state index in [1.807, 2.05) is 30.3 Å². The molecule has 3 aromatic carbocycles. The van der Waals surface area contributed by atoms with Gasteiger partial charge in [-0.3, -0.25) is 4.79 Å². The predicted molar refractivity (Wildman–Crippen MR) is 125 cm³/mol. The maximum Gasteiger partial charge on any atom is 0.262 e. The Hall–Kier alpha value is -2.39. The minimum atomic E-state index is -3.66. The van der Waals surface area contributed by atoms with Crippen molar-refractivity contribution in [3.63, 3.8) is 0 Å². The second-order valence-corrected chi connectivity index (χ2v) is 10.1. The van der Waals surface area contributed by atoms with E-state index in [4.69, 9.17) is 16.3 Å². The van der Waals surface area contributed by atoms with Crippen molar-refractivity contribution in [3.8, 4) is 5.75 Å². The Labute approximate surface area is 195 Å². The van der Waals surface area contributed by atoms with E-state index in [1.165, 1.54) is 35.6 Å². The van der Waals surface area contributed by atoms with Crippen molar-refractivity contribution < 1.29 is 17.9 Å². The van der Waals surface area contributed by atoms with Crippen molar-refractivity contribution in [2.45, 2.75) is 11.4 Å². The summed E-state index contributed by atoms with van der Waals surface area (Å²) in [5.74, 6) is -0.00120. The van der Waals surface area contributed by atoms with Gasteiger partial charge in [0.1, 0.15) is 5.75 Å². The van der Waals surface area contributed by atoms with Gasteiger partial charge in [0.2, 0.25) is 10.0 Å². The highest BCUT2D eigenvalue weighted by atomic mass is 79.9. The van der Waals surface area contributed by atoms with E-state index in [0.717, 1.165) is 10.0 Å². The van der Waals surface area contributed by atoms with Crippen LogP contribution in [-0.2, 0) is 21.4 Å². The molecule has 31 heavy (non-hydrogen) atoms. The Balaban J connectivity index is 1.59. The number of ether oxygens (including phenoxy) is 1. The number of halogens is 2. The fourth-order valence-electron chi connectivity index (χ4n) is 2.75. The molecule has 0 fully saturated rings. The first kappa shape index (κ1) is 23.3. The molecule has 0 bridgehead atoms. The normalized spacial score (nSPS) is 11.4. The number of rotatable bonds is 8. The molecule has 0 heterocycles. The number of nitrogens with one attached hydrogen (secondary N) is 1. The molecule has 3 aromatic rings. The minimum Gasteiger partial charge on any atom is -0.482 e. The van der Waals surface area contributed by atoms with E-state index in [2.05, 4.69) is 21.2 Å². The predicted octanol–water partition coefficient (Wildman–Crippen LogP) is 4.94. The molecule has 9 heteroatoms. The van der Waals surface area contributed by atoms with Crippen molar-refractivity contribution >= 4 is 49.1 Å². The second-order valence-electron chi connectivity index (χ2n) is 6.68. The second kappa shape index (κ2) is 10.3. The van der Waals surface area contributed by atoms with Crippen LogP contribution >= 0.6 is 27.5 Å². The zero-order valence-corrected chi connectivity index (χ0v) is 19.7. The average molecular weight is 524 g/mol. The Morgan fingerprint density at radius 1 is 1.06 bits per heavy atom. The summed E-state index contributed by atoms with van der Waals surface area (Å²) in [5, 5.41) is 3.05. The molecule has 0 saturated heterocycles. The quantitative estimate of drug-likeness (QED) is 0.454. The Morgan fingerprint density at radius 3 is 2.39 bits per heavy atom. The smallest absolute Gasteiger partial charge is 0.262 e. The van der Waals surface area contributed by atoms with Crippen LogP contribution in [0.1, 0.15) is 5.56 Å². The van der Waals surface area contributed by atoms with Crippen molar-refractivity contribution in [1.82, 2.24) is 4.31 Å². The fraction of sp³-hybridized carbons (Fsp3) is 0.136. The van der Waals surface area contributed by atoms with E-state index in [0.29, 0.717) is 16.5 Å². The summed E-state index contributed by atoms with van der Waals surface area (Å²) in [5.41, 5.74) is 1.35. The van der Waals surface area contributed by atoms with E-state index in [9.17, 15) is 13.2 Å². The molecule has 0 saturated carbocycles. The highest BCUT2D eigenvalue weighted by molar-refractivity contribution is 9.10. The minimum absolute atomic E-state index is 0.141. The Bertz CT molecular complexity index is 1160. The fourth-order valence-corrected chi connectivity index (χ4v) is 4.64. The number of nitrogens with zero attached hydrogens (tertiary/aromatic N) is 1. The van der Waals surface area contributed by atoms with Gasteiger partial charge in [0, 0.05) is 23.8 Å². The van der Waals surface area contributed by atoms with Gasteiger partial charge in [-0.1, -0.05) is 57.9 Å². The maximum absolute atomic E-state index is 12.8. The molecule has 0 radical (unpaired) electrons. The van der Waals surface area contributed by atoms with E-state index in [1.54, 1.807) is 18.2 Å². The van der Waals surface area contributed by atoms with Crippen LogP contribution in [-0.4, -0.2) is 32.3 Å². The van der Waals surface area contributed by atoms with Gasteiger partial charge in [-0.25, -0.2) is 8.42 Å². The average Bonchev–Trinajstić information content (AvgIpc) is 2.74. The molecular weight excluding hydrogens is 504 g/mol. The molecule has 1 N–H and O–H groups in total. The molecule has 0 spiro atoms. The highest BCUT2D eigenvalue weighted by Crippen LogP contribution is 2.27. The van der Waals surface area contributed by atoms with Crippen LogP contribution in [0.4, 0.5) is 5.69 Å². The Kier molecular flexibility index (Phi) is 7.72. The summed E-state index contributed by atoms with van der Waals surface area (Å²) >= 11 is 9.36. The van der Waals surface area contributed by atoms with E-state index < -0.39 is 15.9 Å². The largest absolute Gasteiger partial charge is 0.482 e. The molecule has 0 atom stereocenters. The molecule has 1 amide bonds. The van der Waals surface area contributed by atoms with Gasteiger partial charge in [0.15, 0.2) is 6.61 Å². The van der Waals surface area contributed by atoms with Crippen LogP contribution in [0.5, 0.6) is 5.75 Å². The summed E-state index contributed by atoms with van der Waals surface area (Å²) in [4.78, 5) is 12.3. The summed E-state index contributed by atoms with van der Waals surface area (Å²) in [6, 6.07) is 20.4. The third-order valence-corrected chi connectivity index (χ3v) is 6.95. The van der Waals surface area contributed by atoms with Crippen LogP contribution in [0.2, 0.25) is 5.02 Å². The van der Waals surface area contributed by atoms with Gasteiger partial charge in [0.05, 0.1) is 9.92 Å². The van der Waals surface area contributed by atoms with Crippen molar-refractivity contribution in [1.29, 1.82) is 0 Å². The lowest BCUT2D eigenvalue weighted by molar-refractivity contribution is -0.118. The van der Waals surface area contributed by atoms with Gasteiger partial charge in [0.25, 0.3) is 5.91 Å². The first-order valence-corrected chi connectivity index (χ1v) is 11.8. The first-order valence-electron chi connectivity index (χ1n) is 9.24. The van der Waals surface area contributed by atoms with Gasteiger partial charge in [-0.2, -0.15) is 4.31 Å². The van der Waals surface area contributed by atoms with Crippen LogP contribution in [0.15, 0.2) is 82.2 Å². The third-order valence-electron chi connectivity index (χ3n) is 4.35. The lowest BCUT2D eigenvalue weighted by atomic mass is 10.2. The topological polar surface area (TPSA) is 75.7 Å². The molecule has 3 rings (SSSR count). The summed E-state index contributed by atoms with van der Waals surface area (Å²) < 4.78 is 33.1. The molecule has 0 aromatic heterocycles. The van der Waals surface area contributed by atoms with Crippen molar-refractivity contribution in [3.05, 3.63) is 87.9 Å². The lowest BCUT2D eigenvalue weighted by Crippen LogP contribution is -2.26.